The van der Waals surface area contributed by atoms with Crippen molar-refractivity contribution in [1.82, 2.24) is 10.2 Å². The lowest BCUT2D eigenvalue weighted by atomic mass is 9.98. The number of nitrogens with zero attached hydrogens (tertiary/aromatic N) is 1. The minimum absolute atomic E-state index is 0.0587. The molecule has 122 valence electrons. The molecule has 1 fully saturated rings. The van der Waals surface area contributed by atoms with Crippen LogP contribution in [0.2, 0.25) is 0 Å². The molecule has 1 saturated heterocycles. The Morgan fingerprint density at radius 1 is 1.32 bits per heavy atom. The van der Waals surface area contributed by atoms with Crippen LogP contribution in [0.25, 0.3) is 0 Å². The van der Waals surface area contributed by atoms with E-state index in [0.29, 0.717) is 5.92 Å². The zero-order valence-electron chi connectivity index (χ0n) is 13.7. The van der Waals surface area contributed by atoms with Crippen molar-refractivity contribution in [2.75, 3.05) is 19.7 Å². The molecule has 0 atom stereocenters. The highest BCUT2D eigenvalue weighted by molar-refractivity contribution is 7.94. The van der Waals surface area contributed by atoms with Crippen LogP contribution in [0.3, 0.4) is 0 Å². The Kier molecular flexibility index (Phi) is 6.58. The Bertz CT molecular complexity index is 468. The molecule has 0 aromatic heterocycles. The summed E-state index contributed by atoms with van der Waals surface area (Å²) in [5, 5.41) is 2.95. The van der Waals surface area contributed by atoms with E-state index in [4.69, 9.17) is 4.18 Å². The molecule has 0 spiro atoms. The van der Waals surface area contributed by atoms with Crippen molar-refractivity contribution < 1.29 is 8.98 Å². The van der Waals surface area contributed by atoms with Crippen LogP contribution < -0.4 is 5.32 Å². The number of likely N-dealkylation sites (tertiary alicyclic amines) is 1. The van der Waals surface area contributed by atoms with Crippen molar-refractivity contribution >= 4 is 18.1 Å². The van der Waals surface area contributed by atoms with Crippen molar-refractivity contribution in [1.29, 1.82) is 0 Å². The molecular formula is C17H26N2O2S. The van der Waals surface area contributed by atoms with E-state index in [1.165, 1.54) is 17.6 Å². The van der Waals surface area contributed by atoms with E-state index in [9.17, 15) is 4.79 Å². The molecule has 2 rings (SSSR count). The first-order chi connectivity index (χ1) is 10.5. The zero-order chi connectivity index (χ0) is 15.9. The van der Waals surface area contributed by atoms with Gasteiger partial charge in [0.05, 0.1) is 6.61 Å². The van der Waals surface area contributed by atoms with E-state index in [2.05, 4.69) is 36.5 Å². The van der Waals surface area contributed by atoms with Gasteiger partial charge in [-0.2, -0.15) is 0 Å². The highest BCUT2D eigenvalue weighted by atomic mass is 32.2. The second-order valence-corrected chi connectivity index (χ2v) is 7.09. The smallest absolute Gasteiger partial charge is 0.317 e. The van der Waals surface area contributed by atoms with Gasteiger partial charge in [0.2, 0.25) is 0 Å². The third kappa shape index (κ3) is 5.54. The molecule has 1 heterocycles. The average Bonchev–Trinajstić information content (AvgIpc) is 2.49. The summed E-state index contributed by atoms with van der Waals surface area (Å²) in [5.74, 6) is 0.543. The van der Waals surface area contributed by atoms with E-state index in [-0.39, 0.29) is 12.1 Å². The lowest BCUT2D eigenvalue weighted by Gasteiger charge is -2.32. The highest BCUT2D eigenvalue weighted by Crippen LogP contribution is 2.24. The number of benzene rings is 1. The summed E-state index contributed by atoms with van der Waals surface area (Å²) in [7, 11) is 0. The average molecular weight is 322 g/mol. The fourth-order valence-corrected chi connectivity index (χ4v) is 3.08. The van der Waals surface area contributed by atoms with Crippen molar-refractivity contribution in [3.63, 3.8) is 0 Å². The highest BCUT2D eigenvalue weighted by Gasteiger charge is 2.23. The number of amides is 2. The number of carbonyl (C=O) groups excluding carboxylic acids is 1. The van der Waals surface area contributed by atoms with Gasteiger partial charge < -0.3 is 14.4 Å². The second kappa shape index (κ2) is 8.44. The van der Waals surface area contributed by atoms with Gasteiger partial charge in [0.1, 0.15) is 0 Å². The van der Waals surface area contributed by atoms with Gasteiger partial charge in [-0.15, -0.1) is 0 Å². The number of rotatable bonds is 5. The van der Waals surface area contributed by atoms with Crippen molar-refractivity contribution in [2.24, 2.45) is 5.92 Å². The fourth-order valence-electron chi connectivity index (χ4n) is 2.43. The monoisotopic (exact) mass is 322 g/mol. The topological polar surface area (TPSA) is 41.6 Å². The molecule has 1 aromatic rings. The van der Waals surface area contributed by atoms with E-state index in [1.54, 1.807) is 0 Å². The zero-order valence-corrected chi connectivity index (χ0v) is 14.5. The minimum atomic E-state index is 0.0587. The number of aryl methyl sites for hydroxylation is 1. The van der Waals surface area contributed by atoms with Crippen molar-refractivity contribution in [3.05, 3.63) is 29.8 Å². The Hall–Kier alpha value is -1.20. The maximum absolute atomic E-state index is 11.9. The van der Waals surface area contributed by atoms with Crippen molar-refractivity contribution in [3.8, 4) is 0 Å². The quantitative estimate of drug-likeness (QED) is 0.837. The molecule has 0 bridgehead atoms. The SMILES string of the molecule is Cc1ccc(SOCC2CCN(C(=O)NC(C)C)CC2)cc1. The molecule has 0 unspecified atom stereocenters. The molecule has 1 aliphatic heterocycles. The van der Waals surface area contributed by atoms with Crippen LogP contribution in [0, 0.1) is 12.8 Å². The van der Waals surface area contributed by atoms with Gasteiger partial charge in [0.15, 0.2) is 0 Å². The Morgan fingerprint density at radius 2 is 1.95 bits per heavy atom. The van der Waals surface area contributed by atoms with Crippen LogP contribution in [0.15, 0.2) is 29.2 Å². The third-order valence-electron chi connectivity index (χ3n) is 3.79. The fraction of sp³-hybridized carbons (Fsp3) is 0.588. The van der Waals surface area contributed by atoms with E-state index in [1.807, 2.05) is 18.7 Å². The van der Waals surface area contributed by atoms with Crippen LogP contribution >= 0.6 is 12.0 Å². The summed E-state index contributed by atoms with van der Waals surface area (Å²) in [4.78, 5) is 15.0. The molecule has 5 heteroatoms. The molecular weight excluding hydrogens is 296 g/mol. The van der Waals surface area contributed by atoms with Gasteiger partial charge >= 0.3 is 6.03 Å². The summed E-state index contributed by atoms with van der Waals surface area (Å²) < 4.78 is 5.76. The molecule has 1 aliphatic rings. The minimum Gasteiger partial charge on any atom is -0.336 e. The van der Waals surface area contributed by atoms with E-state index >= 15 is 0 Å². The number of nitrogens with one attached hydrogen (secondary N) is 1. The number of piperidine rings is 1. The number of hydrogen-bond acceptors (Lipinski definition) is 3. The number of urea groups is 1. The van der Waals surface area contributed by atoms with Gasteiger partial charge in [-0.1, -0.05) is 17.7 Å². The normalized spacial score (nSPS) is 16.1. The predicted octanol–water partition coefficient (Wildman–Crippen LogP) is 3.85. The van der Waals surface area contributed by atoms with Crippen molar-refractivity contribution in [2.45, 2.75) is 44.6 Å². The van der Waals surface area contributed by atoms with Crippen LogP contribution in [0.4, 0.5) is 4.79 Å². The largest absolute Gasteiger partial charge is 0.336 e. The second-order valence-electron chi connectivity index (χ2n) is 6.22. The van der Waals surface area contributed by atoms with Gasteiger partial charge in [-0.25, -0.2) is 4.79 Å². The van der Waals surface area contributed by atoms with Gasteiger partial charge in [0, 0.05) is 36.1 Å². The summed E-state index contributed by atoms with van der Waals surface area (Å²) in [6.45, 7) is 8.45. The third-order valence-corrected chi connectivity index (χ3v) is 4.51. The molecule has 4 nitrogen and oxygen atoms in total. The summed E-state index contributed by atoms with van der Waals surface area (Å²) in [5.41, 5.74) is 1.26. The molecule has 0 saturated carbocycles. The van der Waals surface area contributed by atoms with E-state index < -0.39 is 0 Å². The van der Waals surface area contributed by atoms with Gasteiger partial charge in [-0.3, -0.25) is 0 Å². The van der Waals surface area contributed by atoms with Crippen LogP contribution in [-0.2, 0) is 4.18 Å². The molecule has 1 N–H and O–H groups in total. The maximum atomic E-state index is 11.9. The van der Waals surface area contributed by atoms with Crippen LogP contribution in [0.5, 0.6) is 0 Å². The lowest BCUT2D eigenvalue weighted by molar-refractivity contribution is 0.150. The molecule has 1 aromatic carbocycles. The molecule has 2 amide bonds. The standard InChI is InChI=1S/C17H26N2O2S/c1-13(2)18-17(20)19-10-8-15(9-11-19)12-21-22-16-6-4-14(3)5-7-16/h4-7,13,15H,8-12H2,1-3H3,(H,18,20). The Balaban J connectivity index is 1.65. The molecule has 0 radical (unpaired) electrons. The summed E-state index contributed by atoms with van der Waals surface area (Å²) >= 11 is 1.45. The van der Waals surface area contributed by atoms with E-state index in [0.717, 1.165) is 37.4 Å². The first-order valence-electron chi connectivity index (χ1n) is 7.96. The Morgan fingerprint density at radius 3 is 2.55 bits per heavy atom. The van der Waals surface area contributed by atoms with Gasteiger partial charge in [0.25, 0.3) is 0 Å². The van der Waals surface area contributed by atoms with Crippen LogP contribution in [-0.4, -0.2) is 36.7 Å². The van der Waals surface area contributed by atoms with Gasteiger partial charge in [-0.05, 0) is 51.7 Å². The Labute approximate surface area is 137 Å². The predicted molar refractivity (Wildman–Crippen MR) is 91.0 cm³/mol. The summed E-state index contributed by atoms with van der Waals surface area (Å²) in [6.07, 6.45) is 2.03. The van der Waals surface area contributed by atoms with Crippen LogP contribution in [0.1, 0.15) is 32.3 Å². The number of hydrogen-bond donors (Lipinski definition) is 1. The lowest BCUT2D eigenvalue weighted by Crippen LogP contribution is -2.46. The first-order valence-corrected chi connectivity index (χ1v) is 8.70. The first kappa shape index (κ1) is 17.2. The molecule has 22 heavy (non-hydrogen) atoms. The molecule has 0 aliphatic carbocycles. The maximum Gasteiger partial charge on any atom is 0.317 e. The number of carbonyl (C=O) groups is 1. The summed E-state index contributed by atoms with van der Waals surface area (Å²) in [6, 6.07) is 8.61.